The molecule has 2 atom stereocenters. The van der Waals surface area contributed by atoms with E-state index in [0.717, 1.165) is 42.4 Å². The number of aromatic hydroxyl groups is 1. The van der Waals surface area contributed by atoms with Gasteiger partial charge in [-0.3, -0.25) is 5.32 Å². The lowest BCUT2D eigenvalue weighted by Gasteiger charge is -2.20. The zero-order valence-corrected chi connectivity index (χ0v) is 22.0. The molecule has 4 aromatic rings. The van der Waals surface area contributed by atoms with E-state index in [9.17, 15) is 14.7 Å². The minimum atomic E-state index is -0.560. The smallest absolute Gasteiger partial charge is 0.411 e. The number of carbonyl (C=O) groups is 1. The maximum atomic E-state index is 13.3. The molecule has 5 rings (SSSR count). The Hall–Kier alpha value is -4.32. The second-order valence-corrected chi connectivity index (χ2v) is 10.2. The first-order valence-electron chi connectivity index (χ1n) is 13.5. The average Bonchev–Trinajstić information content (AvgIpc) is 3.79. The van der Waals surface area contributed by atoms with E-state index in [-0.39, 0.29) is 35.7 Å². The summed E-state index contributed by atoms with van der Waals surface area (Å²) in [6, 6.07) is 28.5. The van der Waals surface area contributed by atoms with Crippen LogP contribution in [-0.2, 0) is 17.8 Å². The summed E-state index contributed by atoms with van der Waals surface area (Å²) in [5.41, 5.74) is 3.22. The van der Waals surface area contributed by atoms with Gasteiger partial charge in [-0.15, -0.1) is 0 Å². The van der Waals surface area contributed by atoms with Crippen molar-refractivity contribution in [2.24, 2.45) is 5.92 Å². The van der Waals surface area contributed by atoms with Crippen LogP contribution in [0.15, 0.2) is 100 Å². The van der Waals surface area contributed by atoms with Crippen molar-refractivity contribution in [2.75, 3.05) is 5.32 Å². The van der Waals surface area contributed by atoms with Crippen LogP contribution in [0.5, 0.6) is 5.75 Å². The summed E-state index contributed by atoms with van der Waals surface area (Å²) in [5.74, 6) is 0.334. The SMILES string of the molecule is CCC(Cc1ccccc1)c1cc(O)c(C(c2cccc(NC(=O)OCc3ccccc3)c2)C2CC2)c(=O)o1. The maximum Gasteiger partial charge on any atom is 0.411 e. The highest BCUT2D eigenvalue weighted by Gasteiger charge is 2.37. The number of hydrogen-bond acceptors (Lipinski definition) is 5. The van der Waals surface area contributed by atoms with Gasteiger partial charge in [0.25, 0.3) is 0 Å². The molecule has 1 heterocycles. The first kappa shape index (κ1) is 26.3. The van der Waals surface area contributed by atoms with E-state index < -0.39 is 11.7 Å². The average molecular weight is 524 g/mol. The lowest BCUT2D eigenvalue weighted by atomic mass is 9.86. The highest BCUT2D eigenvalue weighted by molar-refractivity contribution is 5.84. The van der Waals surface area contributed by atoms with Gasteiger partial charge in [-0.1, -0.05) is 79.7 Å². The lowest BCUT2D eigenvalue weighted by molar-refractivity contribution is 0.155. The predicted octanol–water partition coefficient (Wildman–Crippen LogP) is 7.37. The number of anilines is 1. The molecule has 2 unspecified atom stereocenters. The Bertz CT molecular complexity index is 1460. The maximum absolute atomic E-state index is 13.3. The van der Waals surface area contributed by atoms with Crippen LogP contribution in [0.4, 0.5) is 10.5 Å². The van der Waals surface area contributed by atoms with Crippen LogP contribution in [-0.4, -0.2) is 11.2 Å². The van der Waals surface area contributed by atoms with Crippen molar-refractivity contribution in [3.63, 3.8) is 0 Å². The van der Waals surface area contributed by atoms with Crippen molar-refractivity contribution in [1.29, 1.82) is 0 Å². The van der Waals surface area contributed by atoms with Gasteiger partial charge in [-0.2, -0.15) is 0 Å². The zero-order chi connectivity index (χ0) is 27.2. The first-order chi connectivity index (χ1) is 19.0. The molecular weight excluding hydrogens is 490 g/mol. The topological polar surface area (TPSA) is 88.8 Å². The van der Waals surface area contributed by atoms with E-state index in [1.54, 1.807) is 12.1 Å². The fourth-order valence-corrected chi connectivity index (χ4v) is 5.13. The number of carbonyl (C=O) groups excluding carboxylic acids is 1. The fourth-order valence-electron chi connectivity index (χ4n) is 5.13. The summed E-state index contributed by atoms with van der Waals surface area (Å²) in [5, 5.41) is 13.9. The third-order valence-corrected chi connectivity index (χ3v) is 7.31. The highest BCUT2D eigenvalue weighted by atomic mass is 16.5. The van der Waals surface area contributed by atoms with Gasteiger partial charge in [0.05, 0.1) is 5.56 Å². The standard InChI is InChI=1S/C33H33NO5/c1-2-24(18-22-10-5-3-6-11-22)29-20-28(35)31(32(36)39-29)30(25-16-17-25)26-14-9-15-27(19-26)34-33(37)38-21-23-12-7-4-8-13-23/h3-15,19-20,24-25,30,35H,2,16-18,21H2,1H3,(H,34,37). The van der Waals surface area contributed by atoms with E-state index in [1.807, 2.05) is 66.7 Å². The molecule has 0 bridgehead atoms. The lowest BCUT2D eigenvalue weighted by Crippen LogP contribution is -2.18. The van der Waals surface area contributed by atoms with Crippen molar-refractivity contribution in [3.05, 3.63) is 129 Å². The normalized spacial score (nSPS) is 14.4. The second kappa shape index (κ2) is 12.0. The molecule has 39 heavy (non-hydrogen) atoms. The molecule has 1 aliphatic rings. The quantitative estimate of drug-likeness (QED) is 0.226. The molecule has 3 aromatic carbocycles. The largest absolute Gasteiger partial charge is 0.507 e. The van der Waals surface area contributed by atoms with E-state index in [0.29, 0.717) is 11.4 Å². The zero-order valence-electron chi connectivity index (χ0n) is 22.0. The number of benzene rings is 3. The molecule has 0 aliphatic heterocycles. The molecular formula is C33H33NO5. The Morgan fingerprint density at radius 2 is 1.67 bits per heavy atom. The molecule has 0 spiro atoms. The van der Waals surface area contributed by atoms with Crippen molar-refractivity contribution in [1.82, 2.24) is 0 Å². The molecule has 1 saturated carbocycles. The van der Waals surface area contributed by atoms with Gasteiger partial charge < -0.3 is 14.3 Å². The minimum Gasteiger partial charge on any atom is -0.507 e. The highest BCUT2D eigenvalue weighted by Crippen LogP contribution is 2.48. The van der Waals surface area contributed by atoms with Gasteiger partial charge in [0, 0.05) is 23.6 Å². The summed E-state index contributed by atoms with van der Waals surface area (Å²) in [6.07, 6.45) is 2.84. The van der Waals surface area contributed by atoms with Crippen LogP contribution in [0.1, 0.15) is 66.0 Å². The molecule has 0 radical (unpaired) electrons. The van der Waals surface area contributed by atoms with Crippen molar-refractivity contribution >= 4 is 11.8 Å². The number of ether oxygens (including phenoxy) is 1. The number of nitrogens with one attached hydrogen (secondary N) is 1. The Labute approximate surface area is 228 Å². The Morgan fingerprint density at radius 1 is 0.974 bits per heavy atom. The molecule has 1 fully saturated rings. The molecule has 6 heteroatoms. The van der Waals surface area contributed by atoms with E-state index in [2.05, 4.69) is 24.4 Å². The van der Waals surface area contributed by atoms with Crippen LogP contribution in [0.25, 0.3) is 0 Å². The van der Waals surface area contributed by atoms with E-state index in [4.69, 9.17) is 9.15 Å². The summed E-state index contributed by atoms with van der Waals surface area (Å²) in [7, 11) is 0. The van der Waals surface area contributed by atoms with E-state index >= 15 is 0 Å². The van der Waals surface area contributed by atoms with Crippen LogP contribution < -0.4 is 10.9 Å². The summed E-state index contributed by atoms with van der Waals surface area (Å²) < 4.78 is 11.2. The van der Waals surface area contributed by atoms with Crippen LogP contribution >= 0.6 is 0 Å². The molecule has 6 nitrogen and oxygen atoms in total. The van der Waals surface area contributed by atoms with Gasteiger partial charge in [-0.25, -0.2) is 9.59 Å². The van der Waals surface area contributed by atoms with Gasteiger partial charge in [0.15, 0.2) is 0 Å². The summed E-state index contributed by atoms with van der Waals surface area (Å²) in [6.45, 7) is 2.22. The molecule has 0 saturated heterocycles. The van der Waals surface area contributed by atoms with Crippen LogP contribution in [0, 0.1) is 5.92 Å². The second-order valence-electron chi connectivity index (χ2n) is 10.2. The minimum absolute atomic E-state index is 0.0196. The predicted molar refractivity (Wildman–Crippen MR) is 151 cm³/mol. The van der Waals surface area contributed by atoms with Crippen molar-refractivity contribution < 1.29 is 19.1 Å². The van der Waals surface area contributed by atoms with Crippen molar-refractivity contribution in [2.45, 2.75) is 51.0 Å². The Kier molecular flexibility index (Phi) is 8.11. The monoisotopic (exact) mass is 523 g/mol. The summed E-state index contributed by atoms with van der Waals surface area (Å²) in [4.78, 5) is 25.8. The molecule has 1 aromatic heterocycles. The van der Waals surface area contributed by atoms with Gasteiger partial charge in [0.1, 0.15) is 18.1 Å². The summed E-state index contributed by atoms with van der Waals surface area (Å²) >= 11 is 0. The third-order valence-electron chi connectivity index (χ3n) is 7.31. The number of amides is 1. The Morgan fingerprint density at radius 3 is 2.31 bits per heavy atom. The van der Waals surface area contributed by atoms with Crippen LogP contribution in [0.3, 0.4) is 0 Å². The molecule has 2 N–H and O–H groups in total. The van der Waals surface area contributed by atoms with Crippen molar-refractivity contribution in [3.8, 4) is 5.75 Å². The van der Waals surface area contributed by atoms with Crippen LogP contribution in [0.2, 0.25) is 0 Å². The van der Waals surface area contributed by atoms with Gasteiger partial charge >= 0.3 is 11.7 Å². The van der Waals surface area contributed by atoms with Gasteiger partial charge in [0.2, 0.25) is 0 Å². The molecule has 200 valence electrons. The van der Waals surface area contributed by atoms with E-state index in [1.165, 1.54) is 0 Å². The number of rotatable bonds is 10. The number of hydrogen-bond donors (Lipinski definition) is 2. The van der Waals surface area contributed by atoms with Gasteiger partial charge in [-0.05, 0) is 60.4 Å². The molecule has 1 amide bonds. The Balaban J connectivity index is 1.36. The molecule has 1 aliphatic carbocycles. The fraction of sp³-hybridized carbons (Fsp3) is 0.273. The third kappa shape index (κ3) is 6.58. The first-order valence-corrected chi connectivity index (χ1v) is 13.5.